The summed E-state index contributed by atoms with van der Waals surface area (Å²) in [5.74, 6) is -0.304. The van der Waals surface area contributed by atoms with Crippen molar-refractivity contribution >= 4 is 15.9 Å². The first-order valence-corrected chi connectivity index (χ1v) is 7.09. The molecule has 0 fully saturated rings. The van der Waals surface area contributed by atoms with Gasteiger partial charge in [0, 0.05) is 18.6 Å². The molecule has 17 heavy (non-hydrogen) atoms. The van der Waals surface area contributed by atoms with Crippen LogP contribution in [0.15, 0.2) is 0 Å². The molecule has 0 aliphatic carbocycles. The third-order valence-corrected chi connectivity index (χ3v) is 2.61. The summed E-state index contributed by atoms with van der Waals surface area (Å²) >= 11 is 0. The largest absolute Gasteiger partial charge is 0.370 e. The second kappa shape index (κ2) is 6.90. The fourth-order valence-corrected chi connectivity index (χ4v) is 2.23. The van der Waals surface area contributed by atoms with Crippen LogP contribution in [0.4, 0.5) is 0 Å². The monoisotopic (exact) mass is 267 g/mol. The molecule has 0 aliphatic heterocycles. The van der Waals surface area contributed by atoms with Crippen LogP contribution >= 0.6 is 0 Å². The number of rotatable bonds is 8. The second-order valence-corrected chi connectivity index (χ2v) is 6.12. The molecule has 0 aromatic rings. The molecular formula is C9H21N3O4S. The van der Waals surface area contributed by atoms with Crippen LogP contribution in [0.5, 0.6) is 0 Å². The molecule has 0 spiro atoms. The number of hydrogen-bond donors (Lipinski definition) is 3. The molecule has 4 N–H and O–H groups in total. The summed E-state index contributed by atoms with van der Waals surface area (Å²) in [7, 11) is -3.30. The van der Waals surface area contributed by atoms with Gasteiger partial charge in [0.05, 0.1) is 12.9 Å². The van der Waals surface area contributed by atoms with Crippen molar-refractivity contribution in [2.45, 2.75) is 19.4 Å². The van der Waals surface area contributed by atoms with Crippen molar-refractivity contribution in [3.05, 3.63) is 0 Å². The number of hydrogen-bond acceptors (Lipinski definition) is 5. The van der Waals surface area contributed by atoms with Crippen LogP contribution in [-0.4, -0.2) is 52.4 Å². The van der Waals surface area contributed by atoms with Gasteiger partial charge in [-0.05, 0) is 13.8 Å². The maximum Gasteiger partial charge on any atom is 0.246 e. The highest BCUT2D eigenvalue weighted by Crippen LogP contribution is 2.01. The highest BCUT2D eigenvalue weighted by molar-refractivity contribution is 7.88. The minimum absolute atomic E-state index is 0.0772. The number of nitrogens with one attached hydrogen (secondary N) is 2. The summed E-state index contributed by atoms with van der Waals surface area (Å²) in [6.07, 6.45) is 1.07. The Morgan fingerprint density at radius 2 is 2.00 bits per heavy atom. The third kappa shape index (κ3) is 10.2. The fourth-order valence-electron chi connectivity index (χ4n) is 1.16. The Kier molecular flexibility index (Phi) is 6.61. The first-order chi connectivity index (χ1) is 7.66. The van der Waals surface area contributed by atoms with Gasteiger partial charge in [-0.3, -0.25) is 4.79 Å². The molecule has 0 saturated heterocycles. The van der Waals surface area contributed by atoms with Crippen molar-refractivity contribution in [2.75, 3.05) is 32.6 Å². The first kappa shape index (κ1) is 16.3. The van der Waals surface area contributed by atoms with E-state index in [1.165, 1.54) is 0 Å². The van der Waals surface area contributed by atoms with Crippen LogP contribution in [0.2, 0.25) is 0 Å². The molecule has 0 unspecified atom stereocenters. The summed E-state index contributed by atoms with van der Waals surface area (Å²) < 4.78 is 29.4. The number of carbonyl (C=O) groups excluding carboxylic acids is 1. The molecule has 1 amide bonds. The Balaban J connectivity index is 3.97. The zero-order chi connectivity index (χ0) is 13.5. The van der Waals surface area contributed by atoms with E-state index in [1.54, 1.807) is 13.8 Å². The van der Waals surface area contributed by atoms with Crippen molar-refractivity contribution < 1.29 is 17.9 Å². The number of nitrogens with two attached hydrogens (primary N) is 1. The molecule has 8 heteroatoms. The number of ether oxygens (including phenoxy) is 1. The van der Waals surface area contributed by atoms with Gasteiger partial charge in [0.25, 0.3) is 0 Å². The lowest BCUT2D eigenvalue weighted by molar-refractivity contribution is -0.125. The lowest BCUT2D eigenvalue weighted by Crippen LogP contribution is -2.51. The van der Waals surface area contributed by atoms with Gasteiger partial charge >= 0.3 is 0 Å². The summed E-state index contributed by atoms with van der Waals surface area (Å²) in [5.41, 5.74) is 4.45. The maximum atomic E-state index is 11.3. The second-order valence-electron chi connectivity index (χ2n) is 4.38. The van der Waals surface area contributed by atoms with Crippen LogP contribution in [0.1, 0.15) is 13.8 Å². The Morgan fingerprint density at radius 1 is 1.41 bits per heavy atom. The van der Waals surface area contributed by atoms with Gasteiger partial charge in [-0.25, -0.2) is 13.1 Å². The summed E-state index contributed by atoms with van der Waals surface area (Å²) in [6, 6.07) is 0. The van der Waals surface area contributed by atoms with Crippen LogP contribution < -0.4 is 15.8 Å². The average molecular weight is 267 g/mol. The average Bonchev–Trinajstić information content (AvgIpc) is 2.12. The van der Waals surface area contributed by atoms with E-state index >= 15 is 0 Å². The molecule has 0 rings (SSSR count). The van der Waals surface area contributed by atoms with Crippen molar-refractivity contribution in [3.8, 4) is 0 Å². The van der Waals surface area contributed by atoms with Gasteiger partial charge < -0.3 is 15.8 Å². The van der Waals surface area contributed by atoms with Crippen LogP contribution in [0.3, 0.4) is 0 Å². The van der Waals surface area contributed by atoms with E-state index in [1.807, 2.05) is 0 Å². The molecule has 0 bridgehead atoms. The normalized spacial score (nSPS) is 12.5. The van der Waals surface area contributed by atoms with Crippen molar-refractivity contribution in [3.63, 3.8) is 0 Å². The van der Waals surface area contributed by atoms with Crippen LogP contribution in [0, 0.1) is 0 Å². The number of amides is 1. The molecule has 0 radical (unpaired) electrons. The molecule has 102 valence electrons. The molecule has 0 aromatic carbocycles. The Labute approximate surface area is 102 Å². The van der Waals surface area contributed by atoms with E-state index in [9.17, 15) is 13.2 Å². The molecule has 0 heterocycles. The van der Waals surface area contributed by atoms with Crippen LogP contribution in [-0.2, 0) is 19.6 Å². The Hall–Kier alpha value is -0.700. The van der Waals surface area contributed by atoms with E-state index in [0.29, 0.717) is 13.2 Å². The zero-order valence-corrected chi connectivity index (χ0v) is 11.3. The third-order valence-electron chi connectivity index (χ3n) is 1.68. The lowest BCUT2D eigenvalue weighted by atomic mass is 10.1. The van der Waals surface area contributed by atoms with E-state index in [0.717, 1.165) is 6.26 Å². The zero-order valence-electron chi connectivity index (χ0n) is 10.4. The molecular weight excluding hydrogens is 246 g/mol. The standard InChI is InChI=1S/C9H21N3O4S/c1-9(2,12-17(3,14)15)7-11-8(13)6-16-5-4-10/h12H,4-7,10H2,1-3H3,(H,11,13). The van der Waals surface area contributed by atoms with Gasteiger partial charge in [0.1, 0.15) is 6.61 Å². The Morgan fingerprint density at radius 3 is 2.47 bits per heavy atom. The van der Waals surface area contributed by atoms with Crippen molar-refractivity contribution in [2.24, 2.45) is 5.73 Å². The molecule has 0 aliphatic rings. The molecule has 7 nitrogen and oxygen atoms in total. The fraction of sp³-hybridized carbons (Fsp3) is 0.889. The van der Waals surface area contributed by atoms with Gasteiger partial charge in [0.2, 0.25) is 15.9 Å². The predicted molar refractivity (Wildman–Crippen MR) is 64.9 cm³/mol. The molecule has 0 saturated carbocycles. The SMILES string of the molecule is CC(C)(CNC(=O)COCCN)NS(C)(=O)=O. The summed E-state index contributed by atoms with van der Waals surface area (Å²) in [4.78, 5) is 11.3. The summed E-state index contributed by atoms with van der Waals surface area (Å²) in [6.45, 7) is 4.13. The minimum Gasteiger partial charge on any atom is -0.370 e. The highest BCUT2D eigenvalue weighted by Gasteiger charge is 2.22. The highest BCUT2D eigenvalue weighted by atomic mass is 32.2. The number of sulfonamides is 1. The van der Waals surface area contributed by atoms with Gasteiger partial charge in [-0.1, -0.05) is 0 Å². The van der Waals surface area contributed by atoms with Crippen molar-refractivity contribution in [1.82, 2.24) is 10.0 Å². The van der Waals surface area contributed by atoms with Gasteiger partial charge in [-0.2, -0.15) is 0 Å². The van der Waals surface area contributed by atoms with E-state index in [-0.39, 0.29) is 19.1 Å². The van der Waals surface area contributed by atoms with Gasteiger partial charge in [0.15, 0.2) is 0 Å². The smallest absolute Gasteiger partial charge is 0.246 e. The lowest BCUT2D eigenvalue weighted by Gasteiger charge is -2.25. The quantitative estimate of drug-likeness (QED) is 0.459. The molecule has 0 aromatic heterocycles. The first-order valence-electron chi connectivity index (χ1n) is 5.20. The van der Waals surface area contributed by atoms with E-state index in [4.69, 9.17) is 10.5 Å². The van der Waals surface area contributed by atoms with E-state index in [2.05, 4.69) is 10.0 Å². The van der Waals surface area contributed by atoms with Crippen LogP contribution in [0.25, 0.3) is 0 Å². The maximum absolute atomic E-state index is 11.3. The number of carbonyl (C=O) groups is 1. The van der Waals surface area contributed by atoms with Gasteiger partial charge in [-0.15, -0.1) is 0 Å². The topological polar surface area (TPSA) is 111 Å². The van der Waals surface area contributed by atoms with Crippen molar-refractivity contribution in [1.29, 1.82) is 0 Å². The molecule has 0 atom stereocenters. The van der Waals surface area contributed by atoms with E-state index < -0.39 is 15.6 Å². The predicted octanol–water partition coefficient (Wildman–Crippen LogP) is -1.59. The summed E-state index contributed by atoms with van der Waals surface area (Å²) in [5, 5.41) is 2.57. The minimum atomic E-state index is -3.30. The Bertz CT molecular complexity index is 340.